The molecule has 0 unspecified atom stereocenters. The van der Waals surface area contributed by atoms with E-state index in [9.17, 15) is 10.2 Å². The predicted molar refractivity (Wildman–Crippen MR) is 66.0 cm³/mol. The van der Waals surface area contributed by atoms with Crippen LogP contribution in [0.5, 0.6) is 11.5 Å². The van der Waals surface area contributed by atoms with Gasteiger partial charge < -0.3 is 10.2 Å². The Hall–Kier alpha value is -1.70. The molecule has 0 heterocycles. The molecule has 0 saturated carbocycles. The second-order valence-electron chi connectivity index (χ2n) is 3.98. The molecule has 2 nitrogen and oxygen atoms in total. The Labute approximate surface area is 95.2 Å². The monoisotopic (exact) mass is 216 g/mol. The van der Waals surface area contributed by atoms with Gasteiger partial charge in [0.2, 0.25) is 0 Å². The topological polar surface area (TPSA) is 40.5 Å². The maximum atomic E-state index is 9.55. The van der Waals surface area contributed by atoms with E-state index in [1.165, 1.54) is 11.1 Å². The third kappa shape index (κ3) is 1.60. The first-order valence-corrected chi connectivity index (χ1v) is 5.63. The molecule has 0 radical (unpaired) electrons. The molecular formula is C14H16O2. The third-order valence-corrected chi connectivity index (χ3v) is 3.05. The molecule has 0 aliphatic heterocycles. The van der Waals surface area contributed by atoms with E-state index < -0.39 is 0 Å². The van der Waals surface area contributed by atoms with Crippen molar-refractivity contribution in [2.45, 2.75) is 26.7 Å². The number of rotatable bonds is 2. The Bertz CT molecular complexity index is 481. The second-order valence-corrected chi connectivity index (χ2v) is 3.98. The van der Waals surface area contributed by atoms with Crippen LogP contribution in [0.4, 0.5) is 0 Å². The van der Waals surface area contributed by atoms with Crippen LogP contribution in [0.15, 0.2) is 24.3 Å². The Morgan fingerprint density at radius 1 is 0.812 bits per heavy atom. The summed E-state index contributed by atoms with van der Waals surface area (Å²) in [7, 11) is 0. The van der Waals surface area contributed by atoms with Gasteiger partial charge in [-0.25, -0.2) is 0 Å². The van der Waals surface area contributed by atoms with Gasteiger partial charge in [-0.05, 0) is 46.9 Å². The zero-order valence-corrected chi connectivity index (χ0v) is 9.62. The molecule has 0 atom stereocenters. The molecular weight excluding hydrogens is 200 g/mol. The van der Waals surface area contributed by atoms with Gasteiger partial charge in [-0.3, -0.25) is 0 Å². The van der Waals surface area contributed by atoms with E-state index in [0.717, 1.165) is 23.6 Å². The van der Waals surface area contributed by atoms with E-state index >= 15 is 0 Å². The first-order chi connectivity index (χ1) is 7.67. The summed E-state index contributed by atoms with van der Waals surface area (Å²) in [4.78, 5) is 0. The fourth-order valence-corrected chi connectivity index (χ4v) is 2.11. The molecule has 16 heavy (non-hydrogen) atoms. The average molecular weight is 216 g/mol. The summed E-state index contributed by atoms with van der Waals surface area (Å²) in [6.07, 6.45) is 1.84. The minimum atomic E-state index is -0.0459. The summed E-state index contributed by atoms with van der Waals surface area (Å²) < 4.78 is 0. The van der Waals surface area contributed by atoms with Crippen LogP contribution in [0.25, 0.3) is 10.8 Å². The molecule has 2 heteroatoms. The van der Waals surface area contributed by atoms with Crippen LogP contribution in [0.1, 0.15) is 25.0 Å². The number of hydrogen-bond acceptors (Lipinski definition) is 2. The number of phenols is 2. The number of benzene rings is 2. The number of aromatic hydroxyl groups is 2. The molecule has 0 aliphatic carbocycles. The van der Waals surface area contributed by atoms with Crippen molar-refractivity contribution in [1.29, 1.82) is 0 Å². The van der Waals surface area contributed by atoms with E-state index in [1.54, 1.807) is 12.1 Å². The molecule has 0 aliphatic rings. The van der Waals surface area contributed by atoms with Gasteiger partial charge >= 0.3 is 0 Å². The van der Waals surface area contributed by atoms with Crippen molar-refractivity contribution in [2.75, 3.05) is 0 Å². The highest BCUT2D eigenvalue weighted by molar-refractivity contribution is 5.91. The molecule has 0 bridgehead atoms. The van der Waals surface area contributed by atoms with E-state index in [4.69, 9.17) is 0 Å². The van der Waals surface area contributed by atoms with Gasteiger partial charge in [-0.1, -0.05) is 26.0 Å². The molecule has 2 rings (SSSR count). The smallest absolute Gasteiger partial charge is 0.158 e. The van der Waals surface area contributed by atoms with Gasteiger partial charge in [-0.15, -0.1) is 0 Å². The SMILES string of the molecule is CCc1ccc(CC)c2cc(O)c(O)cc12. The van der Waals surface area contributed by atoms with Crippen LogP contribution < -0.4 is 0 Å². The molecule has 2 N–H and O–H groups in total. The number of phenolic OH excluding ortho intramolecular Hbond substituents is 2. The molecule has 0 fully saturated rings. The van der Waals surface area contributed by atoms with Gasteiger partial charge in [0.1, 0.15) is 0 Å². The van der Waals surface area contributed by atoms with Gasteiger partial charge in [0.25, 0.3) is 0 Å². The minimum absolute atomic E-state index is 0.0459. The highest BCUT2D eigenvalue weighted by Crippen LogP contribution is 2.34. The Morgan fingerprint density at radius 2 is 1.19 bits per heavy atom. The van der Waals surface area contributed by atoms with Crippen LogP contribution in [0.3, 0.4) is 0 Å². The quantitative estimate of drug-likeness (QED) is 0.755. The molecule has 84 valence electrons. The maximum absolute atomic E-state index is 9.55. The summed E-state index contributed by atoms with van der Waals surface area (Å²) in [5.41, 5.74) is 2.39. The third-order valence-electron chi connectivity index (χ3n) is 3.05. The Balaban J connectivity index is 2.85. The minimum Gasteiger partial charge on any atom is -0.504 e. The predicted octanol–water partition coefficient (Wildman–Crippen LogP) is 3.38. The lowest BCUT2D eigenvalue weighted by molar-refractivity contribution is 0.405. The van der Waals surface area contributed by atoms with Crippen molar-refractivity contribution in [3.63, 3.8) is 0 Å². The van der Waals surface area contributed by atoms with Crippen molar-refractivity contribution in [1.82, 2.24) is 0 Å². The van der Waals surface area contributed by atoms with Gasteiger partial charge in [0, 0.05) is 0 Å². The molecule has 2 aromatic carbocycles. The Morgan fingerprint density at radius 3 is 1.50 bits per heavy atom. The molecule has 0 saturated heterocycles. The Kier molecular flexibility index (Phi) is 2.73. The lowest BCUT2D eigenvalue weighted by Gasteiger charge is -2.10. The van der Waals surface area contributed by atoms with Gasteiger partial charge in [-0.2, -0.15) is 0 Å². The molecule has 0 aromatic heterocycles. The van der Waals surface area contributed by atoms with Gasteiger partial charge in [0.15, 0.2) is 11.5 Å². The molecule has 0 amide bonds. The highest BCUT2D eigenvalue weighted by atomic mass is 16.3. The van der Waals surface area contributed by atoms with Crippen molar-refractivity contribution in [2.24, 2.45) is 0 Å². The maximum Gasteiger partial charge on any atom is 0.158 e. The number of fused-ring (bicyclic) bond motifs is 1. The largest absolute Gasteiger partial charge is 0.504 e. The van der Waals surface area contributed by atoms with Gasteiger partial charge in [0.05, 0.1) is 0 Å². The van der Waals surface area contributed by atoms with E-state index in [1.807, 2.05) is 0 Å². The number of aryl methyl sites for hydroxylation is 2. The summed E-state index contributed by atoms with van der Waals surface area (Å²) in [5, 5.41) is 21.2. The van der Waals surface area contributed by atoms with Crippen LogP contribution in [0.2, 0.25) is 0 Å². The lowest BCUT2D eigenvalue weighted by atomic mass is 9.96. The summed E-state index contributed by atoms with van der Waals surface area (Å²) in [6.45, 7) is 4.18. The van der Waals surface area contributed by atoms with Crippen LogP contribution in [0, 0.1) is 0 Å². The average Bonchev–Trinajstić information content (AvgIpc) is 2.29. The zero-order chi connectivity index (χ0) is 11.7. The van der Waals surface area contributed by atoms with E-state index in [-0.39, 0.29) is 11.5 Å². The fourth-order valence-electron chi connectivity index (χ4n) is 2.11. The second kappa shape index (κ2) is 4.05. The van der Waals surface area contributed by atoms with Crippen molar-refractivity contribution in [3.8, 4) is 11.5 Å². The van der Waals surface area contributed by atoms with Crippen LogP contribution in [-0.2, 0) is 12.8 Å². The molecule has 0 spiro atoms. The van der Waals surface area contributed by atoms with E-state index in [0.29, 0.717) is 0 Å². The summed E-state index contributed by atoms with van der Waals surface area (Å²) >= 11 is 0. The van der Waals surface area contributed by atoms with Crippen molar-refractivity contribution < 1.29 is 10.2 Å². The van der Waals surface area contributed by atoms with Crippen molar-refractivity contribution in [3.05, 3.63) is 35.4 Å². The molecule has 2 aromatic rings. The van der Waals surface area contributed by atoms with Crippen molar-refractivity contribution >= 4 is 10.8 Å². The van der Waals surface area contributed by atoms with E-state index in [2.05, 4.69) is 26.0 Å². The fraction of sp³-hybridized carbons (Fsp3) is 0.286. The zero-order valence-electron chi connectivity index (χ0n) is 9.62. The summed E-state index contributed by atoms with van der Waals surface area (Å²) in [6, 6.07) is 7.50. The first kappa shape index (κ1) is 10.8. The van der Waals surface area contributed by atoms with Crippen LogP contribution in [-0.4, -0.2) is 10.2 Å². The summed E-state index contributed by atoms with van der Waals surface area (Å²) in [5.74, 6) is -0.0918. The normalized spacial score (nSPS) is 10.9. The lowest BCUT2D eigenvalue weighted by Crippen LogP contribution is -1.89. The van der Waals surface area contributed by atoms with Crippen LogP contribution >= 0.6 is 0 Å². The highest BCUT2D eigenvalue weighted by Gasteiger charge is 2.08. The number of hydrogen-bond donors (Lipinski definition) is 2. The standard InChI is InChI=1S/C14H16O2/c1-3-9-5-6-10(4-2)12-8-14(16)13(15)7-11(9)12/h5-8,15-16H,3-4H2,1-2H3. The first-order valence-electron chi connectivity index (χ1n) is 5.63.